The van der Waals surface area contributed by atoms with Crippen molar-refractivity contribution in [2.24, 2.45) is 17.3 Å². The second-order valence-corrected chi connectivity index (χ2v) is 6.95. The maximum atomic E-state index is 12.2. The van der Waals surface area contributed by atoms with Crippen molar-refractivity contribution in [3.63, 3.8) is 0 Å². The van der Waals surface area contributed by atoms with Crippen LogP contribution in [0.4, 0.5) is 0 Å². The summed E-state index contributed by atoms with van der Waals surface area (Å²) in [6, 6.07) is 3.49. The molecule has 0 unspecified atom stereocenters. The summed E-state index contributed by atoms with van der Waals surface area (Å²) < 4.78 is 0. The van der Waals surface area contributed by atoms with Crippen molar-refractivity contribution in [1.29, 1.82) is 0 Å². The Hall–Kier alpha value is -1.77. The molecule has 3 aliphatic carbocycles. The maximum absolute atomic E-state index is 12.2. The van der Waals surface area contributed by atoms with Crippen LogP contribution in [0.3, 0.4) is 0 Å². The lowest BCUT2D eigenvalue weighted by Crippen LogP contribution is -2.38. The molecule has 1 fully saturated rings. The minimum absolute atomic E-state index is 0.0303. The number of carbonyl (C=O) groups is 1. The highest BCUT2D eigenvalue weighted by Crippen LogP contribution is 2.57. The van der Waals surface area contributed by atoms with Gasteiger partial charge >= 0.3 is 0 Å². The molecule has 3 nitrogen and oxygen atoms in total. The lowest BCUT2D eigenvalue weighted by atomic mass is 9.60. The van der Waals surface area contributed by atoms with E-state index < -0.39 is 0 Å². The number of hydrogen-bond donors (Lipinski definition) is 2. The van der Waals surface area contributed by atoms with E-state index in [9.17, 15) is 15.0 Å². The van der Waals surface area contributed by atoms with E-state index in [0.29, 0.717) is 24.0 Å². The Morgan fingerprint density at radius 3 is 2.81 bits per heavy atom. The Kier molecular flexibility index (Phi) is 2.54. The molecule has 110 valence electrons. The van der Waals surface area contributed by atoms with E-state index >= 15 is 0 Å². The minimum atomic E-state index is -0.176. The summed E-state index contributed by atoms with van der Waals surface area (Å²) in [6.07, 6.45) is 6.47. The molecule has 0 bridgehead atoms. The molecule has 0 amide bonds. The van der Waals surface area contributed by atoms with Crippen LogP contribution in [0, 0.1) is 17.3 Å². The van der Waals surface area contributed by atoms with Crippen LogP contribution in [0.15, 0.2) is 18.2 Å². The molecule has 0 radical (unpaired) electrons. The van der Waals surface area contributed by atoms with Crippen molar-refractivity contribution in [2.45, 2.75) is 39.0 Å². The predicted octanol–water partition coefficient (Wildman–Crippen LogP) is 3.43. The fraction of sp³-hybridized carbons (Fsp3) is 0.500. The van der Waals surface area contributed by atoms with Gasteiger partial charge in [-0.1, -0.05) is 19.1 Å². The number of aromatic hydroxyl groups is 2. The number of phenolic OH excluding ortho intramolecular Hbond substituents is 2. The average Bonchev–Trinajstić information content (AvgIpc) is 2.78. The number of Topliss-reactive ketones (excluding diaryl/α,β-unsaturated/α-hetero) is 1. The first-order valence-electron chi connectivity index (χ1n) is 7.80. The summed E-state index contributed by atoms with van der Waals surface area (Å²) in [5, 5.41) is 19.8. The van der Waals surface area contributed by atoms with E-state index in [2.05, 4.69) is 13.0 Å². The molecular weight excluding hydrogens is 264 g/mol. The third-order valence-electron chi connectivity index (χ3n) is 6.05. The van der Waals surface area contributed by atoms with E-state index in [0.717, 1.165) is 36.8 Å². The average molecular weight is 284 g/mol. The van der Waals surface area contributed by atoms with Crippen LogP contribution in [-0.2, 0) is 11.2 Å². The normalized spacial score (nSPS) is 34.0. The molecule has 4 rings (SSSR count). The summed E-state index contributed by atoms with van der Waals surface area (Å²) >= 11 is 0. The first-order chi connectivity index (χ1) is 10.0. The summed E-state index contributed by atoms with van der Waals surface area (Å²) in [5.74, 6) is 1.27. The van der Waals surface area contributed by atoms with Crippen LogP contribution in [0.5, 0.6) is 11.5 Å². The molecule has 0 heterocycles. The molecule has 2 N–H and O–H groups in total. The van der Waals surface area contributed by atoms with E-state index in [-0.39, 0.29) is 16.9 Å². The first-order valence-corrected chi connectivity index (χ1v) is 7.80. The van der Waals surface area contributed by atoms with Crippen molar-refractivity contribution in [2.75, 3.05) is 0 Å². The van der Waals surface area contributed by atoms with Gasteiger partial charge in [0.2, 0.25) is 0 Å². The van der Waals surface area contributed by atoms with Crippen molar-refractivity contribution >= 4 is 11.4 Å². The Balaban J connectivity index is 1.84. The van der Waals surface area contributed by atoms with Crippen molar-refractivity contribution in [1.82, 2.24) is 0 Å². The third-order valence-corrected chi connectivity index (χ3v) is 6.05. The van der Waals surface area contributed by atoms with Gasteiger partial charge in [0.05, 0.1) is 0 Å². The first kappa shape index (κ1) is 12.9. The zero-order chi connectivity index (χ0) is 14.8. The summed E-state index contributed by atoms with van der Waals surface area (Å²) in [5.41, 5.74) is 3.04. The highest BCUT2D eigenvalue weighted by molar-refractivity contribution is 5.89. The van der Waals surface area contributed by atoms with Gasteiger partial charge in [0.15, 0.2) is 11.5 Å². The molecule has 21 heavy (non-hydrogen) atoms. The Morgan fingerprint density at radius 1 is 1.19 bits per heavy atom. The molecule has 1 aromatic carbocycles. The van der Waals surface area contributed by atoms with Gasteiger partial charge in [-0.05, 0) is 54.7 Å². The van der Waals surface area contributed by atoms with Crippen LogP contribution < -0.4 is 0 Å². The Morgan fingerprint density at radius 2 is 2.00 bits per heavy atom. The number of allylic oxidation sites excluding steroid dienone is 2. The zero-order valence-electron chi connectivity index (χ0n) is 12.2. The lowest BCUT2D eigenvalue weighted by Gasteiger charge is -2.43. The fourth-order valence-corrected chi connectivity index (χ4v) is 4.81. The van der Waals surface area contributed by atoms with Gasteiger partial charge in [0.25, 0.3) is 0 Å². The van der Waals surface area contributed by atoms with Crippen LogP contribution in [0.2, 0.25) is 0 Å². The Labute approximate surface area is 124 Å². The number of rotatable bonds is 0. The highest BCUT2D eigenvalue weighted by atomic mass is 16.3. The maximum Gasteiger partial charge on any atom is 0.161 e. The zero-order valence-corrected chi connectivity index (χ0v) is 12.2. The molecule has 3 heteroatoms. The van der Waals surface area contributed by atoms with Gasteiger partial charge in [0, 0.05) is 17.4 Å². The second-order valence-electron chi connectivity index (χ2n) is 6.95. The third kappa shape index (κ3) is 1.57. The fourth-order valence-electron chi connectivity index (χ4n) is 4.81. The molecule has 1 aromatic rings. The topological polar surface area (TPSA) is 57.5 Å². The van der Waals surface area contributed by atoms with E-state index in [1.807, 2.05) is 6.07 Å². The van der Waals surface area contributed by atoms with Crippen molar-refractivity contribution in [3.05, 3.63) is 29.3 Å². The quantitative estimate of drug-likeness (QED) is 0.718. The molecule has 3 atom stereocenters. The van der Waals surface area contributed by atoms with Gasteiger partial charge in [0.1, 0.15) is 5.78 Å². The highest BCUT2D eigenvalue weighted by Gasteiger charge is 2.52. The van der Waals surface area contributed by atoms with E-state index in [1.165, 1.54) is 5.57 Å². The standard InChI is InChI=1S/C18H20O3/c1-18-9-8-11-10-4-6-15(19)17(21)13(10)3-2-12(11)14(18)5-7-16(18)20/h4,6,8,12,14,19,21H,2-3,5,7,9H2,1H3/t12-,14+,18+/m1/s1. The van der Waals surface area contributed by atoms with Gasteiger partial charge in [-0.3, -0.25) is 4.79 Å². The number of hydrogen-bond acceptors (Lipinski definition) is 3. The molecule has 0 saturated heterocycles. The molecule has 0 spiro atoms. The smallest absolute Gasteiger partial charge is 0.161 e. The largest absolute Gasteiger partial charge is 0.504 e. The minimum Gasteiger partial charge on any atom is -0.504 e. The van der Waals surface area contributed by atoms with Crippen LogP contribution in [-0.4, -0.2) is 16.0 Å². The Bertz CT molecular complexity index is 673. The number of ketones is 1. The van der Waals surface area contributed by atoms with Crippen molar-refractivity contribution in [3.8, 4) is 11.5 Å². The molecule has 1 saturated carbocycles. The van der Waals surface area contributed by atoms with E-state index in [1.54, 1.807) is 6.07 Å². The number of fused-ring (bicyclic) bond motifs is 5. The molecule has 3 aliphatic rings. The van der Waals surface area contributed by atoms with Gasteiger partial charge in [-0.2, -0.15) is 0 Å². The van der Waals surface area contributed by atoms with Gasteiger partial charge in [-0.15, -0.1) is 0 Å². The summed E-state index contributed by atoms with van der Waals surface area (Å²) in [4.78, 5) is 12.2. The molecule has 0 aromatic heterocycles. The SMILES string of the molecule is C[C@]12CC=C3c4ccc(O)c(O)c4CC[C@H]3[C@@H]1CCC2=O. The van der Waals surface area contributed by atoms with Crippen LogP contribution in [0.1, 0.15) is 43.7 Å². The molecule has 0 aliphatic heterocycles. The van der Waals surface area contributed by atoms with Crippen molar-refractivity contribution < 1.29 is 15.0 Å². The summed E-state index contributed by atoms with van der Waals surface area (Å²) in [6.45, 7) is 2.13. The number of benzene rings is 1. The van der Waals surface area contributed by atoms with E-state index in [4.69, 9.17) is 0 Å². The van der Waals surface area contributed by atoms with Crippen LogP contribution >= 0.6 is 0 Å². The second kappa shape index (κ2) is 4.12. The van der Waals surface area contributed by atoms with Gasteiger partial charge < -0.3 is 10.2 Å². The number of carbonyl (C=O) groups excluding carboxylic acids is 1. The lowest BCUT2D eigenvalue weighted by molar-refractivity contribution is -0.126. The predicted molar refractivity (Wildman–Crippen MR) is 80.0 cm³/mol. The van der Waals surface area contributed by atoms with Crippen LogP contribution in [0.25, 0.3) is 5.57 Å². The monoisotopic (exact) mass is 284 g/mol. The number of phenols is 2. The molecular formula is C18H20O3. The van der Waals surface area contributed by atoms with Gasteiger partial charge in [-0.25, -0.2) is 0 Å². The summed E-state index contributed by atoms with van der Waals surface area (Å²) in [7, 11) is 0.